The van der Waals surface area contributed by atoms with Crippen LogP contribution in [0.1, 0.15) is 25.8 Å². The molecule has 0 heterocycles. The van der Waals surface area contributed by atoms with Crippen molar-refractivity contribution >= 4 is 35.8 Å². The molecule has 23 heavy (non-hydrogen) atoms. The predicted octanol–water partition coefficient (Wildman–Crippen LogP) is 0.522. The molecule has 0 aliphatic heterocycles. The van der Waals surface area contributed by atoms with Gasteiger partial charge in [0.15, 0.2) is 0 Å². The van der Waals surface area contributed by atoms with Crippen LogP contribution in [0.3, 0.4) is 0 Å². The molecule has 1 atom stereocenters. The van der Waals surface area contributed by atoms with Gasteiger partial charge in [-0.2, -0.15) is 0 Å². The predicted molar refractivity (Wildman–Crippen MR) is 90.8 cm³/mol. The van der Waals surface area contributed by atoms with Crippen LogP contribution in [0, 0.1) is 5.92 Å². The van der Waals surface area contributed by atoms with Crippen LogP contribution in [0.4, 0.5) is 5.69 Å². The Hall–Kier alpha value is -2.12. The third-order valence-electron chi connectivity index (χ3n) is 2.97. The van der Waals surface area contributed by atoms with E-state index in [4.69, 9.17) is 11.5 Å². The van der Waals surface area contributed by atoms with Crippen LogP contribution in [0.15, 0.2) is 24.3 Å². The summed E-state index contributed by atoms with van der Waals surface area (Å²) in [7, 11) is 0. The van der Waals surface area contributed by atoms with E-state index in [1.54, 1.807) is 24.3 Å². The Labute approximate surface area is 141 Å². The fraction of sp³-hybridized carbons (Fsp3) is 0.400. The zero-order chi connectivity index (χ0) is 16.7. The third kappa shape index (κ3) is 7.62. The molecule has 6 N–H and O–H groups in total. The van der Waals surface area contributed by atoms with Crippen molar-refractivity contribution in [1.82, 2.24) is 5.32 Å². The first-order valence-corrected chi connectivity index (χ1v) is 7.01. The molecule has 0 saturated carbocycles. The molecule has 0 aromatic heterocycles. The summed E-state index contributed by atoms with van der Waals surface area (Å²) < 4.78 is 0. The van der Waals surface area contributed by atoms with Crippen LogP contribution in [0.2, 0.25) is 0 Å². The second kappa shape index (κ2) is 9.81. The fourth-order valence-electron chi connectivity index (χ4n) is 1.62. The van der Waals surface area contributed by atoms with Crippen molar-refractivity contribution in [2.24, 2.45) is 17.4 Å². The Bertz CT molecular complexity index is 546. The lowest BCUT2D eigenvalue weighted by Crippen LogP contribution is -2.42. The molecule has 3 amide bonds. The Morgan fingerprint density at radius 2 is 1.65 bits per heavy atom. The van der Waals surface area contributed by atoms with Crippen molar-refractivity contribution < 1.29 is 14.4 Å². The Balaban J connectivity index is 0.00000484. The first kappa shape index (κ1) is 20.9. The van der Waals surface area contributed by atoms with E-state index in [-0.39, 0.29) is 37.2 Å². The van der Waals surface area contributed by atoms with Crippen LogP contribution in [-0.2, 0) is 20.9 Å². The summed E-state index contributed by atoms with van der Waals surface area (Å²) in [5.41, 5.74) is 12.1. The number of nitrogens with two attached hydrogens (primary N) is 2. The molecule has 0 aliphatic rings. The van der Waals surface area contributed by atoms with E-state index in [0.717, 1.165) is 5.56 Å². The van der Waals surface area contributed by atoms with Crippen molar-refractivity contribution in [2.75, 3.05) is 5.32 Å². The molecule has 0 aliphatic carbocycles. The van der Waals surface area contributed by atoms with Gasteiger partial charge >= 0.3 is 0 Å². The molecule has 0 saturated heterocycles. The summed E-state index contributed by atoms with van der Waals surface area (Å²) in [6, 6.07) is 6.14. The number of anilines is 1. The Kier molecular flexibility index (Phi) is 8.90. The van der Waals surface area contributed by atoms with Crippen LogP contribution >= 0.6 is 12.4 Å². The van der Waals surface area contributed by atoms with Gasteiger partial charge in [0.05, 0.1) is 12.5 Å². The van der Waals surface area contributed by atoms with Crippen molar-refractivity contribution in [2.45, 2.75) is 32.9 Å². The van der Waals surface area contributed by atoms with Gasteiger partial charge in [0.1, 0.15) is 0 Å². The van der Waals surface area contributed by atoms with Crippen LogP contribution in [-0.4, -0.2) is 23.8 Å². The highest BCUT2D eigenvalue weighted by Crippen LogP contribution is 2.11. The molecule has 0 bridgehead atoms. The third-order valence-corrected chi connectivity index (χ3v) is 2.97. The molecule has 1 rings (SSSR count). The van der Waals surface area contributed by atoms with Gasteiger partial charge in [-0.25, -0.2) is 0 Å². The maximum atomic E-state index is 11.6. The summed E-state index contributed by atoms with van der Waals surface area (Å²) in [5.74, 6) is -1.20. The molecule has 1 unspecified atom stereocenters. The second-order valence-corrected chi connectivity index (χ2v) is 5.34. The number of carbonyl (C=O) groups is 3. The lowest BCUT2D eigenvalue weighted by Gasteiger charge is -2.11. The quantitative estimate of drug-likeness (QED) is 0.576. The number of halogens is 1. The smallest absolute Gasteiger partial charge is 0.237 e. The average Bonchev–Trinajstić information content (AvgIpc) is 2.45. The number of benzene rings is 1. The molecule has 128 valence electrons. The Morgan fingerprint density at radius 3 is 2.13 bits per heavy atom. The van der Waals surface area contributed by atoms with E-state index in [9.17, 15) is 14.4 Å². The maximum Gasteiger partial charge on any atom is 0.237 e. The van der Waals surface area contributed by atoms with Gasteiger partial charge in [0, 0.05) is 18.2 Å². The maximum absolute atomic E-state index is 11.6. The van der Waals surface area contributed by atoms with Gasteiger partial charge < -0.3 is 22.1 Å². The SMILES string of the molecule is CC(C)C(=O)Nc1ccc(CNC(=O)C(N)CC(N)=O)cc1.Cl. The first-order valence-electron chi connectivity index (χ1n) is 7.01. The number of hydrogen-bond donors (Lipinski definition) is 4. The standard InChI is InChI=1S/C15H22N4O3.ClH/c1-9(2)14(21)19-11-5-3-10(4-6-11)8-18-15(22)12(16)7-13(17)20;/h3-6,9,12H,7-8,16H2,1-2H3,(H2,17,20)(H,18,22)(H,19,21);1H. The molecule has 0 spiro atoms. The van der Waals surface area contributed by atoms with Crippen LogP contribution in [0.25, 0.3) is 0 Å². The van der Waals surface area contributed by atoms with E-state index in [0.29, 0.717) is 5.69 Å². The van der Waals surface area contributed by atoms with Gasteiger partial charge in [0.25, 0.3) is 0 Å². The minimum Gasteiger partial charge on any atom is -0.370 e. The number of hydrogen-bond acceptors (Lipinski definition) is 4. The normalized spacial score (nSPS) is 11.3. The summed E-state index contributed by atoms with van der Waals surface area (Å²) in [6.07, 6.45) is -0.188. The topological polar surface area (TPSA) is 127 Å². The number of carbonyl (C=O) groups excluding carboxylic acids is 3. The highest BCUT2D eigenvalue weighted by atomic mass is 35.5. The summed E-state index contributed by atoms with van der Waals surface area (Å²) in [6.45, 7) is 3.91. The van der Waals surface area contributed by atoms with E-state index in [1.807, 2.05) is 13.8 Å². The summed E-state index contributed by atoms with van der Waals surface area (Å²) in [4.78, 5) is 33.9. The van der Waals surface area contributed by atoms with Crippen molar-refractivity contribution in [3.63, 3.8) is 0 Å². The molecule has 1 aromatic rings. The van der Waals surface area contributed by atoms with Crippen molar-refractivity contribution in [3.8, 4) is 0 Å². The van der Waals surface area contributed by atoms with Gasteiger partial charge in [-0.1, -0.05) is 26.0 Å². The average molecular weight is 343 g/mol. The largest absolute Gasteiger partial charge is 0.370 e. The number of primary amides is 1. The molecule has 0 fully saturated rings. The fourth-order valence-corrected chi connectivity index (χ4v) is 1.62. The van der Waals surface area contributed by atoms with Crippen LogP contribution < -0.4 is 22.1 Å². The molecule has 1 aromatic carbocycles. The monoisotopic (exact) mass is 342 g/mol. The van der Waals surface area contributed by atoms with Crippen molar-refractivity contribution in [3.05, 3.63) is 29.8 Å². The van der Waals surface area contributed by atoms with Gasteiger partial charge in [0.2, 0.25) is 17.7 Å². The molecular formula is C15H23ClN4O3. The Morgan fingerprint density at radius 1 is 1.09 bits per heavy atom. The molecule has 7 nitrogen and oxygen atoms in total. The molecular weight excluding hydrogens is 320 g/mol. The van der Waals surface area contributed by atoms with E-state index < -0.39 is 17.9 Å². The second-order valence-electron chi connectivity index (χ2n) is 5.34. The lowest BCUT2D eigenvalue weighted by molar-refractivity contribution is -0.126. The number of amides is 3. The number of nitrogens with one attached hydrogen (secondary N) is 2. The zero-order valence-corrected chi connectivity index (χ0v) is 14.0. The molecule has 0 radical (unpaired) electrons. The summed E-state index contributed by atoms with van der Waals surface area (Å²) in [5, 5.41) is 5.40. The van der Waals surface area contributed by atoms with Gasteiger partial charge in [-0.05, 0) is 17.7 Å². The lowest BCUT2D eigenvalue weighted by atomic mass is 10.1. The van der Waals surface area contributed by atoms with E-state index >= 15 is 0 Å². The van der Waals surface area contributed by atoms with Crippen molar-refractivity contribution in [1.29, 1.82) is 0 Å². The summed E-state index contributed by atoms with van der Waals surface area (Å²) >= 11 is 0. The highest BCUT2D eigenvalue weighted by molar-refractivity contribution is 5.92. The first-order chi connectivity index (χ1) is 10.3. The number of rotatable bonds is 7. The zero-order valence-electron chi connectivity index (χ0n) is 13.2. The van der Waals surface area contributed by atoms with Gasteiger partial charge in [-0.15, -0.1) is 12.4 Å². The van der Waals surface area contributed by atoms with Gasteiger partial charge in [-0.3, -0.25) is 14.4 Å². The van der Waals surface area contributed by atoms with E-state index in [1.165, 1.54) is 0 Å². The van der Waals surface area contributed by atoms with E-state index in [2.05, 4.69) is 10.6 Å². The highest BCUT2D eigenvalue weighted by Gasteiger charge is 2.15. The minimum atomic E-state index is -0.942. The minimum absolute atomic E-state index is 0. The molecule has 8 heteroatoms. The van der Waals surface area contributed by atoms with Crippen LogP contribution in [0.5, 0.6) is 0 Å².